The molecule has 17 heavy (non-hydrogen) atoms. The van der Waals surface area contributed by atoms with Gasteiger partial charge in [-0.1, -0.05) is 19.8 Å². The van der Waals surface area contributed by atoms with Gasteiger partial charge >= 0.3 is 5.97 Å². The molecule has 4 nitrogen and oxygen atoms in total. The zero-order valence-electron chi connectivity index (χ0n) is 10.8. The van der Waals surface area contributed by atoms with Crippen LogP contribution in [0.3, 0.4) is 0 Å². The Bertz CT molecular complexity index is 254. The number of unbranched alkanes of at least 4 members (excludes halogenated alkanes) is 1. The number of aliphatic hydroxyl groups is 1. The predicted octanol–water partition coefficient (Wildman–Crippen LogP) is 2.20. The minimum atomic E-state index is -1.08. The molecular formula is C13H24O4. The van der Waals surface area contributed by atoms with Crippen LogP contribution in [0.25, 0.3) is 0 Å². The molecule has 1 fully saturated rings. The molecular weight excluding hydrogens is 220 g/mol. The molecule has 0 radical (unpaired) electrons. The zero-order valence-corrected chi connectivity index (χ0v) is 10.8. The molecule has 2 N–H and O–H groups in total. The normalized spacial score (nSPS) is 31.1. The van der Waals surface area contributed by atoms with Gasteiger partial charge in [0.15, 0.2) is 0 Å². The minimum absolute atomic E-state index is 0.00257. The highest BCUT2D eigenvalue weighted by Crippen LogP contribution is 2.38. The molecule has 0 amide bonds. The monoisotopic (exact) mass is 244 g/mol. The number of hydrogen-bond donors (Lipinski definition) is 2. The summed E-state index contributed by atoms with van der Waals surface area (Å²) in [5, 5.41) is 19.8. The van der Waals surface area contributed by atoms with Gasteiger partial charge in [0, 0.05) is 13.5 Å². The molecule has 0 spiro atoms. The third-order valence-electron chi connectivity index (χ3n) is 3.84. The number of rotatable bonds is 6. The Labute approximate surface area is 103 Å². The second-order valence-corrected chi connectivity index (χ2v) is 5.09. The third kappa shape index (κ3) is 3.68. The first-order chi connectivity index (χ1) is 8.03. The number of carboxylic acids is 1. The summed E-state index contributed by atoms with van der Waals surface area (Å²) in [6.07, 6.45) is 5.13. The van der Waals surface area contributed by atoms with Crippen LogP contribution in [-0.4, -0.2) is 35.0 Å². The lowest BCUT2D eigenvalue weighted by atomic mass is 9.72. The maximum absolute atomic E-state index is 11.3. The molecule has 1 rings (SSSR count). The summed E-state index contributed by atoms with van der Waals surface area (Å²) in [6.45, 7) is 2.03. The second kappa shape index (κ2) is 6.36. The molecule has 100 valence electrons. The van der Waals surface area contributed by atoms with E-state index in [0.29, 0.717) is 19.3 Å². The number of hydrogen-bond acceptors (Lipinski definition) is 3. The summed E-state index contributed by atoms with van der Waals surface area (Å²) in [7, 11) is 1.62. The summed E-state index contributed by atoms with van der Waals surface area (Å²) >= 11 is 0. The Morgan fingerprint density at radius 3 is 2.82 bits per heavy atom. The van der Waals surface area contributed by atoms with Gasteiger partial charge in [0.2, 0.25) is 0 Å². The number of carboxylic acid groups (broad SMARTS) is 1. The van der Waals surface area contributed by atoms with Crippen molar-refractivity contribution in [3.63, 3.8) is 0 Å². The van der Waals surface area contributed by atoms with Gasteiger partial charge in [0.25, 0.3) is 0 Å². The van der Waals surface area contributed by atoms with Crippen molar-refractivity contribution in [1.82, 2.24) is 0 Å². The number of ether oxygens (including phenoxy) is 1. The van der Waals surface area contributed by atoms with Gasteiger partial charge < -0.3 is 14.9 Å². The van der Waals surface area contributed by atoms with E-state index in [9.17, 15) is 15.0 Å². The van der Waals surface area contributed by atoms with E-state index in [1.165, 1.54) is 0 Å². The van der Waals surface area contributed by atoms with E-state index in [1.54, 1.807) is 7.11 Å². The topological polar surface area (TPSA) is 66.8 Å². The molecule has 0 saturated heterocycles. The highest BCUT2D eigenvalue weighted by molar-refractivity contribution is 5.71. The summed E-state index contributed by atoms with van der Waals surface area (Å²) < 4.78 is 5.27. The number of aliphatic carboxylic acids is 1. The Kier molecular flexibility index (Phi) is 5.40. The maximum Gasteiger partial charge on any atom is 0.309 e. The van der Waals surface area contributed by atoms with Crippen molar-refractivity contribution < 1.29 is 19.7 Å². The van der Waals surface area contributed by atoms with Crippen LogP contribution in [0.4, 0.5) is 0 Å². The fraction of sp³-hybridized carbons (Fsp3) is 0.923. The van der Waals surface area contributed by atoms with Crippen molar-refractivity contribution in [3.05, 3.63) is 0 Å². The molecule has 0 bridgehead atoms. The Morgan fingerprint density at radius 1 is 1.59 bits per heavy atom. The molecule has 0 aliphatic heterocycles. The van der Waals surface area contributed by atoms with Crippen molar-refractivity contribution in [1.29, 1.82) is 0 Å². The van der Waals surface area contributed by atoms with Crippen LogP contribution >= 0.6 is 0 Å². The minimum Gasteiger partial charge on any atom is -0.481 e. The molecule has 0 aromatic carbocycles. The van der Waals surface area contributed by atoms with Crippen molar-refractivity contribution in [2.75, 3.05) is 7.11 Å². The number of methoxy groups -OCH3 is 1. The Hall–Kier alpha value is -0.610. The summed E-state index contributed by atoms with van der Waals surface area (Å²) in [5.41, 5.74) is -1.08. The van der Waals surface area contributed by atoms with E-state index in [1.807, 2.05) is 6.92 Å². The largest absolute Gasteiger partial charge is 0.481 e. The second-order valence-electron chi connectivity index (χ2n) is 5.09. The average molecular weight is 244 g/mol. The summed E-state index contributed by atoms with van der Waals surface area (Å²) in [5.74, 6) is -1.53. The fourth-order valence-electron chi connectivity index (χ4n) is 2.78. The van der Waals surface area contributed by atoms with Crippen molar-refractivity contribution in [2.24, 2.45) is 5.92 Å². The predicted molar refractivity (Wildman–Crippen MR) is 64.9 cm³/mol. The van der Waals surface area contributed by atoms with E-state index in [4.69, 9.17) is 4.74 Å². The SMILES string of the molecule is CCCCC(C(=O)O)C1(O)CCCC(OC)C1. The third-order valence-corrected chi connectivity index (χ3v) is 3.84. The first-order valence-corrected chi connectivity index (χ1v) is 6.51. The van der Waals surface area contributed by atoms with Crippen molar-refractivity contribution >= 4 is 5.97 Å². The Balaban J connectivity index is 2.72. The van der Waals surface area contributed by atoms with Crippen LogP contribution in [0, 0.1) is 5.92 Å². The van der Waals surface area contributed by atoms with Crippen LogP contribution in [0.15, 0.2) is 0 Å². The lowest BCUT2D eigenvalue weighted by Gasteiger charge is -2.40. The van der Waals surface area contributed by atoms with E-state index >= 15 is 0 Å². The lowest BCUT2D eigenvalue weighted by molar-refractivity contribution is -0.160. The molecule has 0 aromatic rings. The first kappa shape index (κ1) is 14.5. The average Bonchev–Trinajstić information content (AvgIpc) is 2.28. The molecule has 0 heterocycles. The van der Waals surface area contributed by atoms with Crippen LogP contribution in [0.2, 0.25) is 0 Å². The van der Waals surface area contributed by atoms with Gasteiger partial charge in [-0.15, -0.1) is 0 Å². The van der Waals surface area contributed by atoms with Crippen LogP contribution in [-0.2, 0) is 9.53 Å². The quantitative estimate of drug-likeness (QED) is 0.751. The van der Waals surface area contributed by atoms with Gasteiger partial charge in [-0.25, -0.2) is 0 Å². The van der Waals surface area contributed by atoms with Crippen LogP contribution in [0.1, 0.15) is 51.9 Å². The zero-order chi connectivity index (χ0) is 12.9. The first-order valence-electron chi connectivity index (χ1n) is 6.51. The highest BCUT2D eigenvalue weighted by Gasteiger charge is 2.44. The molecule has 4 heteroatoms. The summed E-state index contributed by atoms with van der Waals surface area (Å²) in [4.78, 5) is 11.3. The smallest absolute Gasteiger partial charge is 0.309 e. The van der Waals surface area contributed by atoms with Gasteiger partial charge in [0.05, 0.1) is 17.6 Å². The van der Waals surface area contributed by atoms with E-state index in [2.05, 4.69) is 0 Å². The number of carbonyl (C=O) groups is 1. The van der Waals surface area contributed by atoms with Crippen molar-refractivity contribution in [2.45, 2.75) is 63.6 Å². The fourth-order valence-corrected chi connectivity index (χ4v) is 2.78. The molecule has 1 aliphatic carbocycles. The molecule has 0 aromatic heterocycles. The molecule has 3 unspecified atom stereocenters. The van der Waals surface area contributed by atoms with Gasteiger partial charge in [-0.3, -0.25) is 4.79 Å². The highest BCUT2D eigenvalue weighted by atomic mass is 16.5. The lowest BCUT2D eigenvalue weighted by Crippen LogP contribution is -2.47. The van der Waals surface area contributed by atoms with Crippen molar-refractivity contribution in [3.8, 4) is 0 Å². The molecule has 1 aliphatic rings. The van der Waals surface area contributed by atoms with Gasteiger partial charge in [0.1, 0.15) is 0 Å². The van der Waals surface area contributed by atoms with Crippen LogP contribution < -0.4 is 0 Å². The Morgan fingerprint density at radius 2 is 2.29 bits per heavy atom. The molecule has 3 atom stereocenters. The van der Waals surface area contributed by atoms with Crippen LogP contribution in [0.5, 0.6) is 0 Å². The van der Waals surface area contributed by atoms with E-state index in [-0.39, 0.29) is 6.10 Å². The van der Waals surface area contributed by atoms with E-state index in [0.717, 1.165) is 25.7 Å². The summed E-state index contributed by atoms with van der Waals surface area (Å²) in [6, 6.07) is 0. The van der Waals surface area contributed by atoms with Gasteiger partial charge in [-0.2, -0.15) is 0 Å². The van der Waals surface area contributed by atoms with Gasteiger partial charge in [-0.05, 0) is 25.7 Å². The maximum atomic E-state index is 11.3. The standard InChI is InChI=1S/C13H24O4/c1-3-4-7-11(12(14)15)13(16)8-5-6-10(9-13)17-2/h10-11,16H,3-9H2,1-2H3,(H,14,15). The molecule has 1 saturated carbocycles. The van der Waals surface area contributed by atoms with E-state index < -0.39 is 17.5 Å².